The number of nitrogens with one attached hydrogen (secondary N) is 1. The van der Waals surface area contributed by atoms with E-state index in [9.17, 15) is 9.59 Å². The van der Waals surface area contributed by atoms with Gasteiger partial charge in [-0.05, 0) is 30.5 Å². The quantitative estimate of drug-likeness (QED) is 0.657. The standard InChI is InChI=1S/C14H17NO3/c1-2-3-8-18-14(17)11-5-4-10-6-7-13(16)15-12(10)9-11/h4-5,9H,2-3,6-8H2,1H3,(H,15,16). The number of anilines is 1. The summed E-state index contributed by atoms with van der Waals surface area (Å²) in [4.78, 5) is 23.0. The SMILES string of the molecule is CCCCOC(=O)c1ccc2c(c1)NC(=O)CC2. The molecule has 0 saturated heterocycles. The molecular weight excluding hydrogens is 230 g/mol. The summed E-state index contributed by atoms with van der Waals surface area (Å²) in [5.41, 5.74) is 2.29. The van der Waals surface area contributed by atoms with Crippen LogP contribution in [0.3, 0.4) is 0 Å². The maximum atomic E-state index is 11.8. The van der Waals surface area contributed by atoms with Crippen LogP contribution in [0.4, 0.5) is 5.69 Å². The number of ether oxygens (including phenoxy) is 1. The van der Waals surface area contributed by atoms with Crippen LogP contribution in [0, 0.1) is 0 Å². The molecule has 1 aliphatic rings. The Morgan fingerprint density at radius 3 is 3.00 bits per heavy atom. The summed E-state index contributed by atoms with van der Waals surface area (Å²) in [6.45, 7) is 2.49. The fourth-order valence-electron chi connectivity index (χ4n) is 1.89. The van der Waals surface area contributed by atoms with Crippen molar-refractivity contribution in [3.8, 4) is 0 Å². The lowest BCUT2D eigenvalue weighted by Gasteiger charge is -2.17. The van der Waals surface area contributed by atoms with Crippen LogP contribution < -0.4 is 5.32 Å². The van der Waals surface area contributed by atoms with Crippen molar-refractivity contribution in [1.82, 2.24) is 0 Å². The molecule has 1 aromatic carbocycles. The second kappa shape index (κ2) is 5.67. The second-order valence-corrected chi connectivity index (χ2v) is 4.41. The molecule has 2 rings (SSSR count). The van der Waals surface area contributed by atoms with Crippen molar-refractivity contribution in [2.45, 2.75) is 32.6 Å². The molecule has 0 spiro atoms. The Balaban J connectivity index is 2.08. The van der Waals surface area contributed by atoms with Gasteiger partial charge in [-0.2, -0.15) is 0 Å². The maximum absolute atomic E-state index is 11.8. The van der Waals surface area contributed by atoms with Crippen LogP contribution in [0.15, 0.2) is 18.2 Å². The molecule has 0 aromatic heterocycles. The normalized spacial score (nSPS) is 13.7. The number of carbonyl (C=O) groups excluding carboxylic acids is 2. The van der Waals surface area contributed by atoms with Gasteiger partial charge in [0.05, 0.1) is 12.2 Å². The van der Waals surface area contributed by atoms with Gasteiger partial charge in [0.15, 0.2) is 0 Å². The molecule has 1 aliphatic heterocycles. The van der Waals surface area contributed by atoms with Crippen molar-refractivity contribution < 1.29 is 14.3 Å². The Hall–Kier alpha value is -1.84. The van der Waals surface area contributed by atoms with Gasteiger partial charge in [-0.3, -0.25) is 4.79 Å². The molecule has 18 heavy (non-hydrogen) atoms. The van der Waals surface area contributed by atoms with Crippen LogP contribution in [-0.2, 0) is 16.0 Å². The third-order valence-electron chi connectivity index (χ3n) is 2.97. The van der Waals surface area contributed by atoms with Gasteiger partial charge in [0, 0.05) is 12.1 Å². The van der Waals surface area contributed by atoms with E-state index in [4.69, 9.17) is 4.74 Å². The second-order valence-electron chi connectivity index (χ2n) is 4.41. The molecule has 0 unspecified atom stereocenters. The minimum atomic E-state index is -0.328. The number of amides is 1. The first-order chi connectivity index (χ1) is 8.70. The number of rotatable bonds is 4. The highest BCUT2D eigenvalue weighted by atomic mass is 16.5. The summed E-state index contributed by atoms with van der Waals surface area (Å²) in [5, 5.41) is 2.78. The predicted octanol–water partition coefficient (Wildman–Crippen LogP) is 2.53. The summed E-state index contributed by atoms with van der Waals surface area (Å²) < 4.78 is 5.13. The minimum Gasteiger partial charge on any atom is -0.462 e. The third-order valence-corrected chi connectivity index (χ3v) is 2.97. The van der Waals surface area contributed by atoms with Crippen LogP contribution >= 0.6 is 0 Å². The first-order valence-corrected chi connectivity index (χ1v) is 6.30. The average Bonchev–Trinajstić information content (AvgIpc) is 2.38. The lowest BCUT2D eigenvalue weighted by atomic mass is 10.0. The van der Waals surface area contributed by atoms with Gasteiger partial charge in [0.25, 0.3) is 0 Å². The van der Waals surface area contributed by atoms with E-state index in [1.165, 1.54) is 0 Å². The van der Waals surface area contributed by atoms with Crippen molar-refractivity contribution in [2.24, 2.45) is 0 Å². The molecule has 4 heteroatoms. The van der Waals surface area contributed by atoms with Crippen molar-refractivity contribution in [3.05, 3.63) is 29.3 Å². The first kappa shape index (κ1) is 12.6. The summed E-state index contributed by atoms with van der Waals surface area (Å²) >= 11 is 0. The Morgan fingerprint density at radius 2 is 2.22 bits per heavy atom. The van der Waals surface area contributed by atoms with Gasteiger partial charge in [-0.25, -0.2) is 4.79 Å². The fraction of sp³-hybridized carbons (Fsp3) is 0.429. The average molecular weight is 247 g/mol. The molecule has 1 heterocycles. The maximum Gasteiger partial charge on any atom is 0.338 e. The smallest absolute Gasteiger partial charge is 0.338 e. The number of aryl methyl sites for hydroxylation is 1. The molecule has 0 aliphatic carbocycles. The zero-order chi connectivity index (χ0) is 13.0. The summed E-state index contributed by atoms with van der Waals surface area (Å²) in [6, 6.07) is 5.33. The summed E-state index contributed by atoms with van der Waals surface area (Å²) in [6.07, 6.45) is 3.10. The van der Waals surface area contributed by atoms with E-state index in [1.807, 2.05) is 13.0 Å². The van der Waals surface area contributed by atoms with Crippen molar-refractivity contribution in [2.75, 3.05) is 11.9 Å². The highest BCUT2D eigenvalue weighted by Gasteiger charge is 2.17. The number of esters is 1. The number of hydrogen-bond acceptors (Lipinski definition) is 3. The summed E-state index contributed by atoms with van der Waals surface area (Å²) in [7, 11) is 0. The molecule has 0 fully saturated rings. The molecule has 0 bridgehead atoms. The monoisotopic (exact) mass is 247 g/mol. The van der Waals surface area contributed by atoms with Crippen LogP contribution in [0.5, 0.6) is 0 Å². The van der Waals surface area contributed by atoms with E-state index in [1.54, 1.807) is 12.1 Å². The van der Waals surface area contributed by atoms with E-state index in [0.29, 0.717) is 18.6 Å². The first-order valence-electron chi connectivity index (χ1n) is 6.30. The van der Waals surface area contributed by atoms with E-state index in [2.05, 4.69) is 5.32 Å². The van der Waals surface area contributed by atoms with Gasteiger partial charge >= 0.3 is 5.97 Å². The van der Waals surface area contributed by atoms with Gasteiger partial charge < -0.3 is 10.1 Å². The molecule has 1 N–H and O–H groups in total. The van der Waals surface area contributed by atoms with Crippen molar-refractivity contribution >= 4 is 17.6 Å². The molecular formula is C14H17NO3. The summed E-state index contributed by atoms with van der Waals surface area (Å²) in [5.74, 6) is -0.329. The van der Waals surface area contributed by atoms with Crippen LogP contribution in [0.2, 0.25) is 0 Å². The molecule has 1 aromatic rings. The zero-order valence-corrected chi connectivity index (χ0v) is 10.5. The van der Waals surface area contributed by atoms with Crippen molar-refractivity contribution in [1.29, 1.82) is 0 Å². The van der Waals surface area contributed by atoms with Gasteiger partial charge in [0.1, 0.15) is 0 Å². The molecule has 1 amide bonds. The minimum absolute atomic E-state index is 0.000926. The lowest BCUT2D eigenvalue weighted by molar-refractivity contribution is -0.116. The Morgan fingerprint density at radius 1 is 1.39 bits per heavy atom. The number of benzene rings is 1. The molecule has 0 atom stereocenters. The molecule has 0 radical (unpaired) electrons. The van der Waals surface area contributed by atoms with Crippen LogP contribution in [-0.4, -0.2) is 18.5 Å². The van der Waals surface area contributed by atoms with Gasteiger partial charge in [-0.1, -0.05) is 19.4 Å². The van der Waals surface area contributed by atoms with E-state index in [0.717, 1.165) is 30.5 Å². The predicted molar refractivity (Wildman–Crippen MR) is 68.6 cm³/mol. The Kier molecular flexibility index (Phi) is 3.97. The lowest BCUT2D eigenvalue weighted by Crippen LogP contribution is -2.19. The molecule has 96 valence electrons. The molecule has 4 nitrogen and oxygen atoms in total. The number of carbonyl (C=O) groups is 2. The van der Waals surface area contributed by atoms with E-state index < -0.39 is 0 Å². The number of hydrogen-bond donors (Lipinski definition) is 1. The third kappa shape index (κ3) is 2.88. The highest BCUT2D eigenvalue weighted by Crippen LogP contribution is 2.24. The zero-order valence-electron chi connectivity index (χ0n) is 10.5. The Labute approximate surface area is 106 Å². The molecule has 0 saturated carbocycles. The topological polar surface area (TPSA) is 55.4 Å². The van der Waals surface area contributed by atoms with Crippen molar-refractivity contribution in [3.63, 3.8) is 0 Å². The number of fused-ring (bicyclic) bond motifs is 1. The highest BCUT2D eigenvalue weighted by molar-refractivity contribution is 5.97. The number of unbranched alkanes of at least 4 members (excludes halogenated alkanes) is 1. The van der Waals surface area contributed by atoms with Crippen LogP contribution in [0.25, 0.3) is 0 Å². The van der Waals surface area contributed by atoms with E-state index in [-0.39, 0.29) is 11.9 Å². The Bertz CT molecular complexity index is 468. The largest absolute Gasteiger partial charge is 0.462 e. The van der Waals surface area contributed by atoms with Gasteiger partial charge in [0.2, 0.25) is 5.91 Å². The van der Waals surface area contributed by atoms with Crippen LogP contribution in [0.1, 0.15) is 42.1 Å². The fourth-order valence-corrected chi connectivity index (χ4v) is 1.89. The van der Waals surface area contributed by atoms with E-state index >= 15 is 0 Å². The van der Waals surface area contributed by atoms with Gasteiger partial charge in [-0.15, -0.1) is 0 Å².